The normalized spacial score (nSPS) is 18.5. The Morgan fingerprint density at radius 3 is 2.90 bits per heavy atom. The second-order valence-electron chi connectivity index (χ2n) is 5.82. The van der Waals surface area contributed by atoms with Crippen molar-refractivity contribution in [3.63, 3.8) is 0 Å². The van der Waals surface area contributed by atoms with E-state index in [-0.39, 0.29) is 5.60 Å². The highest BCUT2D eigenvalue weighted by atomic mass is 16.5. The topological polar surface area (TPSA) is 52.4 Å². The van der Waals surface area contributed by atoms with E-state index >= 15 is 0 Å². The molecule has 0 saturated carbocycles. The smallest absolute Gasteiger partial charge is 0.140 e. The monoisotopic (exact) mass is 274 g/mol. The predicted molar refractivity (Wildman–Crippen MR) is 78.7 cm³/mol. The van der Waals surface area contributed by atoms with Gasteiger partial charge < -0.3 is 9.64 Å². The average Bonchev–Trinajstić information content (AvgIpc) is 2.44. The summed E-state index contributed by atoms with van der Waals surface area (Å²) in [7, 11) is 2.05. The molecular weight excluding hydrogens is 252 g/mol. The molecule has 2 rings (SSSR count). The van der Waals surface area contributed by atoms with Crippen LogP contribution in [-0.4, -0.2) is 55.3 Å². The Hall–Kier alpha value is -1.64. The summed E-state index contributed by atoms with van der Waals surface area (Å²) < 4.78 is 5.72. The lowest BCUT2D eigenvalue weighted by atomic mass is 10.1. The number of hydrogen-bond acceptors (Lipinski definition) is 5. The lowest BCUT2D eigenvalue weighted by Crippen LogP contribution is -2.50. The van der Waals surface area contributed by atoms with Crippen molar-refractivity contribution in [2.45, 2.75) is 19.4 Å². The first-order valence-electron chi connectivity index (χ1n) is 6.94. The lowest BCUT2D eigenvalue weighted by Gasteiger charge is -2.38. The van der Waals surface area contributed by atoms with Crippen LogP contribution in [0.1, 0.15) is 19.5 Å². The van der Waals surface area contributed by atoms with Crippen LogP contribution in [0.2, 0.25) is 0 Å². The Morgan fingerprint density at radius 1 is 1.50 bits per heavy atom. The van der Waals surface area contributed by atoms with Crippen LogP contribution in [0.4, 0.5) is 5.69 Å². The highest BCUT2D eigenvalue weighted by Gasteiger charge is 2.26. The van der Waals surface area contributed by atoms with E-state index in [1.54, 1.807) is 12.3 Å². The molecule has 0 spiro atoms. The first kappa shape index (κ1) is 14.8. The third-order valence-electron chi connectivity index (χ3n) is 3.56. The van der Waals surface area contributed by atoms with Gasteiger partial charge in [-0.25, -0.2) is 4.98 Å². The van der Waals surface area contributed by atoms with Crippen molar-refractivity contribution in [3.8, 4) is 6.07 Å². The first-order chi connectivity index (χ1) is 9.50. The number of nitrogens with zero attached hydrogens (tertiary/aromatic N) is 4. The Kier molecular flexibility index (Phi) is 4.58. The zero-order valence-electron chi connectivity index (χ0n) is 12.5. The van der Waals surface area contributed by atoms with Gasteiger partial charge in [0.1, 0.15) is 11.8 Å². The summed E-state index contributed by atoms with van der Waals surface area (Å²) in [6, 6.07) is 5.73. The zero-order chi connectivity index (χ0) is 14.6. The van der Waals surface area contributed by atoms with E-state index in [4.69, 9.17) is 10.00 Å². The van der Waals surface area contributed by atoms with Crippen molar-refractivity contribution in [1.29, 1.82) is 5.26 Å². The summed E-state index contributed by atoms with van der Waals surface area (Å²) in [6.45, 7) is 8.96. The highest BCUT2D eigenvalue weighted by molar-refractivity contribution is 5.44. The van der Waals surface area contributed by atoms with E-state index in [1.165, 1.54) is 0 Å². The van der Waals surface area contributed by atoms with E-state index in [1.807, 2.05) is 12.1 Å². The molecule has 0 N–H and O–H groups in total. The van der Waals surface area contributed by atoms with Crippen LogP contribution < -0.4 is 4.90 Å². The zero-order valence-corrected chi connectivity index (χ0v) is 12.5. The first-order valence-corrected chi connectivity index (χ1v) is 6.94. The van der Waals surface area contributed by atoms with E-state index in [9.17, 15) is 0 Å². The number of aromatic nitrogens is 1. The van der Waals surface area contributed by atoms with Crippen LogP contribution in [0.25, 0.3) is 0 Å². The van der Waals surface area contributed by atoms with Gasteiger partial charge in [0, 0.05) is 33.2 Å². The number of anilines is 1. The second kappa shape index (κ2) is 6.21. The fourth-order valence-corrected chi connectivity index (χ4v) is 2.40. The third kappa shape index (κ3) is 3.92. The van der Waals surface area contributed by atoms with Crippen molar-refractivity contribution < 1.29 is 4.74 Å². The summed E-state index contributed by atoms with van der Waals surface area (Å²) in [4.78, 5) is 8.69. The molecule has 0 bridgehead atoms. The molecule has 1 aromatic rings. The molecule has 1 fully saturated rings. The van der Waals surface area contributed by atoms with Gasteiger partial charge in [-0.2, -0.15) is 5.26 Å². The molecule has 1 aliphatic heterocycles. The van der Waals surface area contributed by atoms with Crippen LogP contribution in [0.5, 0.6) is 0 Å². The largest absolute Gasteiger partial charge is 0.373 e. The maximum Gasteiger partial charge on any atom is 0.140 e. The van der Waals surface area contributed by atoms with Gasteiger partial charge >= 0.3 is 0 Å². The molecule has 0 aliphatic carbocycles. The number of nitriles is 1. The number of ether oxygens (including phenoxy) is 1. The molecule has 0 aromatic carbocycles. The van der Waals surface area contributed by atoms with E-state index in [2.05, 4.69) is 35.7 Å². The summed E-state index contributed by atoms with van der Waals surface area (Å²) in [5, 5.41) is 8.75. The Morgan fingerprint density at radius 2 is 2.30 bits per heavy atom. The van der Waals surface area contributed by atoms with Crippen LogP contribution >= 0.6 is 0 Å². The summed E-state index contributed by atoms with van der Waals surface area (Å²) >= 11 is 0. The van der Waals surface area contributed by atoms with E-state index in [0.29, 0.717) is 5.69 Å². The molecule has 5 nitrogen and oxygen atoms in total. The molecule has 1 aromatic heterocycles. The standard InChI is InChI=1S/C15H22N4O/c1-15(2)12-19(8-9-20-15)7-6-18(3)14-5-4-13(10-16)17-11-14/h4-5,11H,6-9,12H2,1-3H3. The van der Waals surface area contributed by atoms with Gasteiger partial charge in [-0.3, -0.25) is 4.90 Å². The minimum Gasteiger partial charge on any atom is -0.373 e. The average molecular weight is 274 g/mol. The molecule has 0 atom stereocenters. The molecule has 0 amide bonds. The highest BCUT2D eigenvalue weighted by Crippen LogP contribution is 2.17. The molecule has 1 saturated heterocycles. The molecular formula is C15H22N4O. The van der Waals surface area contributed by atoms with Gasteiger partial charge in [0.05, 0.1) is 24.1 Å². The minimum atomic E-state index is -0.0488. The van der Waals surface area contributed by atoms with Crippen LogP contribution in [0, 0.1) is 11.3 Å². The fraction of sp³-hybridized carbons (Fsp3) is 0.600. The molecule has 108 valence electrons. The molecule has 2 heterocycles. The van der Waals surface area contributed by atoms with E-state index in [0.717, 1.165) is 38.5 Å². The van der Waals surface area contributed by atoms with Crippen LogP contribution in [0.15, 0.2) is 18.3 Å². The van der Waals surface area contributed by atoms with Crippen molar-refractivity contribution in [1.82, 2.24) is 9.88 Å². The van der Waals surface area contributed by atoms with E-state index < -0.39 is 0 Å². The Labute approximate surface area is 120 Å². The number of rotatable bonds is 4. The van der Waals surface area contributed by atoms with Gasteiger partial charge in [0.15, 0.2) is 0 Å². The molecule has 0 radical (unpaired) electrons. The lowest BCUT2D eigenvalue weighted by molar-refractivity contribution is -0.0850. The summed E-state index contributed by atoms with van der Waals surface area (Å²) in [5.74, 6) is 0. The molecule has 20 heavy (non-hydrogen) atoms. The Balaban J connectivity index is 1.85. The van der Waals surface area contributed by atoms with Crippen molar-refractivity contribution in [3.05, 3.63) is 24.0 Å². The number of morpholine rings is 1. The maximum atomic E-state index is 8.75. The van der Waals surface area contributed by atoms with Gasteiger partial charge in [-0.15, -0.1) is 0 Å². The quantitative estimate of drug-likeness (QED) is 0.833. The summed E-state index contributed by atoms with van der Waals surface area (Å²) in [5.41, 5.74) is 1.45. The minimum absolute atomic E-state index is 0.0488. The SMILES string of the molecule is CN(CCN1CCOC(C)(C)C1)c1ccc(C#N)nc1. The van der Waals surface area contributed by atoms with Gasteiger partial charge in [-0.05, 0) is 26.0 Å². The van der Waals surface area contributed by atoms with Crippen molar-refractivity contribution >= 4 is 5.69 Å². The van der Waals surface area contributed by atoms with Crippen LogP contribution in [-0.2, 0) is 4.74 Å². The van der Waals surface area contributed by atoms with Crippen molar-refractivity contribution in [2.24, 2.45) is 0 Å². The van der Waals surface area contributed by atoms with Crippen molar-refractivity contribution in [2.75, 3.05) is 44.7 Å². The maximum absolute atomic E-state index is 8.75. The fourth-order valence-electron chi connectivity index (χ4n) is 2.40. The molecule has 5 heteroatoms. The Bertz CT molecular complexity index is 478. The van der Waals surface area contributed by atoms with Gasteiger partial charge in [0.2, 0.25) is 0 Å². The van der Waals surface area contributed by atoms with Gasteiger partial charge in [-0.1, -0.05) is 0 Å². The number of likely N-dealkylation sites (N-methyl/N-ethyl adjacent to an activating group) is 1. The van der Waals surface area contributed by atoms with Crippen LogP contribution in [0.3, 0.4) is 0 Å². The number of pyridine rings is 1. The molecule has 1 aliphatic rings. The number of hydrogen-bond donors (Lipinski definition) is 0. The third-order valence-corrected chi connectivity index (χ3v) is 3.56. The predicted octanol–water partition coefficient (Wildman–Crippen LogP) is 1.50. The summed E-state index contributed by atoms with van der Waals surface area (Å²) in [6.07, 6.45) is 1.75. The van der Waals surface area contributed by atoms with Gasteiger partial charge in [0.25, 0.3) is 0 Å². The molecule has 0 unspecified atom stereocenters. The second-order valence-corrected chi connectivity index (χ2v) is 5.82.